The molecule has 76 valence electrons. The minimum atomic E-state index is -0.534. The lowest BCUT2D eigenvalue weighted by Crippen LogP contribution is -2.04. The van der Waals surface area contributed by atoms with Crippen LogP contribution in [0.15, 0.2) is 17.8 Å². The van der Waals surface area contributed by atoms with Gasteiger partial charge < -0.3 is 5.11 Å². The second-order valence-electron chi connectivity index (χ2n) is 3.43. The lowest BCUT2D eigenvalue weighted by molar-refractivity contribution is 0.208. The molecule has 2 nitrogen and oxygen atoms in total. The lowest BCUT2D eigenvalue weighted by Gasteiger charge is -2.16. The second-order valence-corrected chi connectivity index (χ2v) is 5.12. The fourth-order valence-electron chi connectivity index (χ4n) is 1.66. The molecule has 4 heteroatoms. The van der Waals surface area contributed by atoms with Gasteiger partial charge in [0.25, 0.3) is 0 Å². The molecule has 14 heavy (non-hydrogen) atoms. The molecular weight excluding hydrogens is 218 g/mol. The molecule has 1 aliphatic carbocycles. The SMILES string of the molecule is OC(C1=CCCCC1)c1ncc(Cl)s1. The van der Waals surface area contributed by atoms with Crippen LogP contribution in [0.2, 0.25) is 4.34 Å². The molecule has 1 aromatic rings. The Morgan fingerprint density at radius 2 is 2.36 bits per heavy atom. The van der Waals surface area contributed by atoms with Gasteiger partial charge >= 0.3 is 0 Å². The third kappa shape index (κ3) is 2.16. The molecule has 0 radical (unpaired) electrons. The normalized spacial score (nSPS) is 19.1. The van der Waals surface area contributed by atoms with Crippen LogP contribution in [-0.4, -0.2) is 10.1 Å². The van der Waals surface area contributed by atoms with Crippen molar-refractivity contribution in [3.63, 3.8) is 0 Å². The van der Waals surface area contributed by atoms with Gasteiger partial charge in [0.15, 0.2) is 0 Å². The number of aliphatic hydroxyl groups excluding tert-OH is 1. The van der Waals surface area contributed by atoms with E-state index in [1.807, 2.05) is 0 Å². The monoisotopic (exact) mass is 229 g/mol. The molecule has 0 aliphatic heterocycles. The van der Waals surface area contributed by atoms with Gasteiger partial charge in [0.1, 0.15) is 15.4 Å². The molecule has 0 fully saturated rings. The molecule has 1 aliphatic rings. The van der Waals surface area contributed by atoms with Crippen molar-refractivity contribution in [1.82, 2.24) is 4.98 Å². The summed E-state index contributed by atoms with van der Waals surface area (Å²) in [7, 11) is 0. The van der Waals surface area contributed by atoms with E-state index in [1.54, 1.807) is 6.20 Å². The summed E-state index contributed by atoms with van der Waals surface area (Å²) in [4.78, 5) is 4.09. The Morgan fingerprint density at radius 1 is 1.50 bits per heavy atom. The van der Waals surface area contributed by atoms with Gasteiger partial charge in [-0.3, -0.25) is 0 Å². The van der Waals surface area contributed by atoms with E-state index in [9.17, 15) is 5.11 Å². The Kier molecular flexibility index (Phi) is 3.21. The highest BCUT2D eigenvalue weighted by Gasteiger charge is 2.18. The van der Waals surface area contributed by atoms with Gasteiger partial charge in [-0.1, -0.05) is 17.7 Å². The summed E-state index contributed by atoms with van der Waals surface area (Å²) in [5.74, 6) is 0. The Balaban J connectivity index is 2.14. The third-order valence-electron chi connectivity index (χ3n) is 2.41. The van der Waals surface area contributed by atoms with Crippen molar-refractivity contribution in [1.29, 1.82) is 0 Å². The van der Waals surface area contributed by atoms with E-state index < -0.39 is 6.10 Å². The van der Waals surface area contributed by atoms with Gasteiger partial charge in [0, 0.05) is 0 Å². The molecule has 1 N–H and O–H groups in total. The van der Waals surface area contributed by atoms with Gasteiger partial charge in [0.05, 0.1) is 6.20 Å². The van der Waals surface area contributed by atoms with Crippen molar-refractivity contribution in [3.8, 4) is 0 Å². The maximum atomic E-state index is 9.98. The Hall–Kier alpha value is -0.380. The zero-order valence-corrected chi connectivity index (χ0v) is 9.31. The fourth-order valence-corrected chi connectivity index (χ4v) is 2.62. The predicted octanol–water partition coefficient (Wildman–Crippen LogP) is 3.33. The molecule has 2 rings (SSSR count). The van der Waals surface area contributed by atoms with Crippen molar-refractivity contribution in [3.05, 3.63) is 27.2 Å². The zero-order valence-electron chi connectivity index (χ0n) is 7.74. The minimum Gasteiger partial charge on any atom is -0.381 e. The van der Waals surface area contributed by atoms with Crippen LogP contribution in [0, 0.1) is 0 Å². The highest BCUT2D eigenvalue weighted by Crippen LogP contribution is 2.32. The van der Waals surface area contributed by atoms with E-state index in [1.165, 1.54) is 24.2 Å². The third-order valence-corrected chi connectivity index (χ3v) is 3.57. The van der Waals surface area contributed by atoms with Gasteiger partial charge in [-0.2, -0.15) is 0 Å². The molecule has 0 bridgehead atoms. The van der Waals surface area contributed by atoms with Gasteiger partial charge in [-0.25, -0.2) is 4.98 Å². The smallest absolute Gasteiger partial charge is 0.127 e. The average Bonchev–Trinajstić information content (AvgIpc) is 2.65. The molecular formula is C10H12ClNOS. The average molecular weight is 230 g/mol. The van der Waals surface area contributed by atoms with Crippen molar-refractivity contribution in [2.75, 3.05) is 0 Å². The van der Waals surface area contributed by atoms with E-state index in [0.29, 0.717) is 9.34 Å². The number of aromatic nitrogens is 1. The number of aliphatic hydroxyl groups is 1. The fraction of sp³-hybridized carbons (Fsp3) is 0.500. The molecule has 0 saturated carbocycles. The number of allylic oxidation sites excluding steroid dienone is 1. The largest absolute Gasteiger partial charge is 0.381 e. The summed E-state index contributed by atoms with van der Waals surface area (Å²) in [6, 6.07) is 0. The molecule has 0 saturated heterocycles. The van der Waals surface area contributed by atoms with E-state index in [-0.39, 0.29) is 0 Å². The number of hydrogen-bond acceptors (Lipinski definition) is 3. The second kappa shape index (κ2) is 4.43. The minimum absolute atomic E-state index is 0.534. The van der Waals surface area contributed by atoms with Crippen LogP contribution in [0.1, 0.15) is 36.8 Å². The van der Waals surface area contributed by atoms with Crippen molar-refractivity contribution >= 4 is 22.9 Å². The summed E-state index contributed by atoms with van der Waals surface area (Å²) in [5.41, 5.74) is 1.10. The molecule has 1 atom stereocenters. The first-order valence-corrected chi connectivity index (χ1v) is 5.95. The van der Waals surface area contributed by atoms with Crippen LogP contribution < -0.4 is 0 Å². The van der Waals surface area contributed by atoms with Crippen LogP contribution in [0.4, 0.5) is 0 Å². The van der Waals surface area contributed by atoms with E-state index >= 15 is 0 Å². The van der Waals surface area contributed by atoms with Crippen molar-refractivity contribution < 1.29 is 5.11 Å². The highest BCUT2D eigenvalue weighted by molar-refractivity contribution is 7.15. The first kappa shape index (κ1) is 10.1. The molecule has 0 aromatic carbocycles. The van der Waals surface area contributed by atoms with Crippen LogP contribution in [0.5, 0.6) is 0 Å². The molecule has 0 spiro atoms. The lowest BCUT2D eigenvalue weighted by atomic mass is 9.96. The Labute approximate surface area is 92.2 Å². The molecule has 1 aromatic heterocycles. The topological polar surface area (TPSA) is 33.1 Å². The first-order valence-electron chi connectivity index (χ1n) is 4.75. The first-order chi connectivity index (χ1) is 6.77. The Morgan fingerprint density at radius 3 is 2.93 bits per heavy atom. The number of halogens is 1. The summed E-state index contributed by atoms with van der Waals surface area (Å²) < 4.78 is 0.635. The van der Waals surface area contributed by atoms with Crippen LogP contribution in [-0.2, 0) is 0 Å². The van der Waals surface area contributed by atoms with Crippen molar-refractivity contribution in [2.45, 2.75) is 31.8 Å². The van der Waals surface area contributed by atoms with Gasteiger partial charge in [0.2, 0.25) is 0 Å². The number of rotatable bonds is 2. The van der Waals surface area contributed by atoms with Gasteiger partial charge in [-0.05, 0) is 31.3 Å². The van der Waals surface area contributed by atoms with E-state index in [4.69, 9.17) is 11.6 Å². The molecule has 0 amide bonds. The van der Waals surface area contributed by atoms with Crippen molar-refractivity contribution in [2.24, 2.45) is 0 Å². The maximum absolute atomic E-state index is 9.98. The standard InChI is InChI=1S/C10H12ClNOS/c11-8-6-12-10(14-8)9(13)7-4-2-1-3-5-7/h4,6,9,13H,1-3,5H2. The summed E-state index contributed by atoms with van der Waals surface area (Å²) in [6.45, 7) is 0. The zero-order chi connectivity index (χ0) is 9.97. The van der Waals surface area contributed by atoms with Crippen LogP contribution in [0.25, 0.3) is 0 Å². The summed E-state index contributed by atoms with van der Waals surface area (Å²) in [6.07, 6.45) is 7.64. The predicted molar refractivity (Wildman–Crippen MR) is 58.6 cm³/mol. The van der Waals surface area contributed by atoms with E-state index in [0.717, 1.165) is 18.4 Å². The van der Waals surface area contributed by atoms with Crippen LogP contribution in [0.3, 0.4) is 0 Å². The number of hydrogen-bond donors (Lipinski definition) is 1. The highest BCUT2D eigenvalue weighted by atomic mass is 35.5. The number of thiazole rings is 1. The molecule has 1 heterocycles. The Bertz CT molecular complexity index is 348. The number of nitrogens with zero attached hydrogens (tertiary/aromatic N) is 1. The molecule has 1 unspecified atom stereocenters. The quantitative estimate of drug-likeness (QED) is 0.790. The maximum Gasteiger partial charge on any atom is 0.127 e. The summed E-state index contributed by atoms with van der Waals surface area (Å²) >= 11 is 7.12. The van der Waals surface area contributed by atoms with Crippen LogP contribution >= 0.6 is 22.9 Å². The summed E-state index contributed by atoms with van der Waals surface area (Å²) in [5, 5.41) is 10.7. The van der Waals surface area contributed by atoms with Gasteiger partial charge in [-0.15, -0.1) is 11.3 Å². The van der Waals surface area contributed by atoms with E-state index in [2.05, 4.69) is 11.1 Å².